The van der Waals surface area contributed by atoms with Crippen molar-refractivity contribution in [2.75, 3.05) is 13.2 Å². The summed E-state index contributed by atoms with van der Waals surface area (Å²) in [5.41, 5.74) is 4.59. The van der Waals surface area contributed by atoms with E-state index in [9.17, 15) is 9.59 Å². The summed E-state index contributed by atoms with van der Waals surface area (Å²) in [6.07, 6.45) is 0. The third kappa shape index (κ3) is 8.39. The highest BCUT2D eigenvalue weighted by Crippen LogP contribution is 2.51. The SMILES string of the molecule is CCOC(=O)c1ccc(COc2ccc(C(C)(C)c3c(Br)c(Br)c(OCc4ccc(C(=O)OCC)cc4)c(Br)c3Br)cc2)cc1. The number of hydrogen-bond acceptors (Lipinski definition) is 6. The molecule has 0 aromatic heterocycles. The van der Waals surface area contributed by atoms with Crippen LogP contribution in [0.2, 0.25) is 0 Å². The molecule has 0 atom stereocenters. The Bertz CT molecular complexity index is 1620. The van der Waals surface area contributed by atoms with Gasteiger partial charge in [0.15, 0.2) is 0 Å². The van der Waals surface area contributed by atoms with Crippen molar-refractivity contribution in [3.63, 3.8) is 0 Å². The van der Waals surface area contributed by atoms with E-state index in [0.29, 0.717) is 43.3 Å². The van der Waals surface area contributed by atoms with Crippen LogP contribution in [0.5, 0.6) is 11.5 Å². The van der Waals surface area contributed by atoms with Crippen molar-refractivity contribution in [2.24, 2.45) is 0 Å². The lowest BCUT2D eigenvalue weighted by Gasteiger charge is -2.30. The molecular weight excluding hydrogens is 836 g/mol. The number of carbonyl (C=O) groups excluding carboxylic acids is 2. The van der Waals surface area contributed by atoms with Gasteiger partial charge >= 0.3 is 11.9 Å². The van der Waals surface area contributed by atoms with Crippen LogP contribution in [0.15, 0.2) is 90.7 Å². The van der Waals surface area contributed by atoms with Crippen molar-refractivity contribution in [3.8, 4) is 11.5 Å². The molecule has 0 bridgehead atoms. The van der Waals surface area contributed by atoms with Gasteiger partial charge in [0.1, 0.15) is 24.7 Å². The maximum Gasteiger partial charge on any atom is 0.338 e. The Morgan fingerprint density at radius 2 is 1.02 bits per heavy atom. The summed E-state index contributed by atoms with van der Waals surface area (Å²) in [5, 5.41) is 0. The highest BCUT2D eigenvalue weighted by atomic mass is 79.9. The van der Waals surface area contributed by atoms with Crippen molar-refractivity contribution in [2.45, 2.75) is 46.3 Å². The predicted octanol–water partition coefficient (Wildman–Crippen LogP) is 10.6. The molecule has 0 unspecified atom stereocenters. The second-order valence-electron chi connectivity index (χ2n) is 10.5. The van der Waals surface area contributed by atoms with Gasteiger partial charge in [0.25, 0.3) is 0 Å². The lowest BCUT2D eigenvalue weighted by molar-refractivity contribution is 0.0516. The van der Waals surface area contributed by atoms with Gasteiger partial charge in [-0.1, -0.05) is 50.2 Å². The second-order valence-corrected chi connectivity index (χ2v) is 13.7. The molecule has 0 aliphatic rings. The second kappa shape index (κ2) is 15.8. The lowest BCUT2D eigenvalue weighted by atomic mass is 9.78. The average Bonchev–Trinajstić information content (AvgIpc) is 3.04. The average molecular weight is 868 g/mol. The maximum atomic E-state index is 12.0. The number of benzene rings is 4. The number of hydrogen-bond donors (Lipinski definition) is 0. The van der Waals surface area contributed by atoms with E-state index in [-0.39, 0.29) is 11.9 Å². The molecule has 0 aliphatic heterocycles. The zero-order valence-corrected chi connectivity index (χ0v) is 31.6. The number of halogens is 4. The molecule has 0 saturated heterocycles. The van der Waals surface area contributed by atoms with E-state index in [1.54, 1.807) is 38.1 Å². The molecular formula is C35H32Br4O6. The minimum absolute atomic E-state index is 0.304. The van der Waals surface area contributed by atoms with E-state index >= 15 is 0 Å². The van der Waals surface area contributed by atoms with E-state index in [1.165, 1.54) is 0 Å². The predicted molar refractivity (Wildman–Crippen MR) is 189 cm³/mol. The Morgan fingerprint density at radius 3 is 1.44 bits per heavy atom. The highest BCUT2D eigenvalue weighted by molar-refractivity contribution is 9.14. The molecule has 4 rings (SSSR count). The van der Waals surface area contributed by atoms with Crippen molar-refractivity contribution < 1.29 is 28.5 Å². The molecule has 4 aromatic carbocycles. The fraction of sp³-hybridized carbons (Fsp3) is 0.257. The molecule has 0 amide bonds. The first-order chi connectivity index (χ1) is 21.5. The van der Waals surface area contributed by atoms with Gasteiger partial charge in [-0.05, 0) is 136 Å². The van der Waals surface area contributed by atoms with Crippen LogP contribution >= 0.6 is 63.7 Å². The molecule has 0 heterocycles. The van der Waals surface area contributed by atoms with Crippen LogP contribution < -0.4 is 9.47 Å². The first-order valence-corrected chi connectivity index (χ1v) is 17.4. The van der Waals surface area contributed by atoms with Gasteiger partial charge in [0.2, 0.25) is 0 Å². The minimum atomic E-state index is -0.411. The fourth-order valence-electron chi connectivity index (χ4n) is 4.62. The fourth-order valence-corrected chi connectivity index (χ4v) is 7.93. The summed E-state index contributed by atoms with van der Waals surface area (Å²) in [6.45, 7) is 9.23. The van der Waals surface area contributed by atoms with E-state index < -0.39 is 5.41 Å². The molecule has 45 heavy (non-hydrogen) atoms. The molecule has 10 heteroatoms. The molecule has 0 fully saturated rings. The van der Waals surface area contributed by atoms with Gasteiger partial charge in [0.05, 0.1) is 33.3 Å². The Labute approximate surface area is 297 Å². The van der Waals surface area contributed by atoms with E-state index in [0.717, 1.165) is 45.9 Å². The molecule has 0 spiro atoms. The largest absolute Gasteiger partial charge is 0.489 e. The van der Waals surface area contributed by atoms with Crippen LogP contribution in [0.3, 0.4) is 0 Å². The Hall–Kier alpha value is -2.66. The van der Waals surface area contributed by atoms with Gasteiger partial charge in [-0.25, -0.2) is 9.59 Å². The Balaban J connectivity index is 1.47. The van der Waals surface area contributed by atoms with Crippen molar-refractivity contribution in [1.82, 2.24) is 0 Å². The van der Waals surface area contributed by atoms with Crippen LogP contribution in [0.25, 0.3) is 0 Å². The molecule has 0 aliphatic carbocycles. The van der Waals surface area contributed by atoms with Gasteiger partial charge in [0, 0.05) is 14.4 Å². The smallest absolute Gasteiger partial charge is 0.338 e. The zero-order chi connectivity index (χ0) is 32.7. The summed E-state index contributed by atoms with van der Waals surface area (Å²) < 4.78 is 25.6. The van der Waals surface area contributed by atoms with Gasteiger partial charge in [-0.3, -0.25) is 0 Å². The number of esters is 2. The molecule has 0 radical (unpaired) electrons. The van der Waals surface area contributed by atoms with Crippen molar-refractivity contribution in [1.29, 1.82) is 0 Å². The Morgan fingerprint density at radius 1 is 0.600 bits per heavy atom. The number of carbonyl (C=O) groups is 2. The first kappa shape index (κ1) is 35.2. The molecule has 236 valence electrons. The maximum absolute atomic E-state index is 12.0. The van der Waals surface area contributed by atoms with Gasteiger partial charge in [-0.2, -0.15) is 0 Å². The van der Waals surface area contributed by atoms with Crippen LogP contribution in [-0.4, -0.2) is 25.2 Å². The first-order valence-electron chi connectivity index (χ1n) is 14.2. The number of ether oxygens (including phenoxy) is 4. The third-order valence-corrected chi connectivity index (χ3v) is 11.3. The lowest BCUT2D eigenvalue weighted by Crippen LogP contribution is -2.21. The van der Waals surface area contributed by atoms with Crippen LogP contribution in [0.1, 0.15) is 70.7 Å². The number of rotatable bonds is 12. The van der Waals surface area contributed by atoms with Crippen molar-refractivity contribution in [3.05, 3.63) is 124 Å². The zero-order valence-electron chi connectivity index (χ0n) is 25.2. The normalized spacial score (nSPS) is 11.2. The van der Waals surface area contributed by atoms with Crippen LogP contribution in [-0.2, 0) is 28.1 Å². The minimum Gasteiger partial charge on any atom is -0.489 e. The van der Waals surface area contributed by atoms with Crippen LogP contribution in [0, 0.1) is 0 Å². The topological polar surface area (TPSA) is 71.1 Å². The summed E-state index contributed by atoms with van der Waals surface area (Å²) in [4.78, 5) is 23.9. The van der Waals surface area contributed by atoms with E-state index in [4.69, 9.17) is 18.9 Å². The molecule has 0 N–H and O–H groups in total. The summed E-state index contributed by atoms with van der Waals surface area (Å²) in [7, 11) is 0. The standard InChI is InChI=1S/C35H32Br4O6/c1-5-42-33(40)23-11-7-21(8-12-23)19-44-26-17-15-25(16-18-26)35(3,4)27-28(36)30(38)32(31(39)29(27)37)45-20-22-9-13-24(14-10-22)34(41)43-6-2/h7-18H,5-6,19-20H2,1-4H3. The summed E-state index contributed by atoms with van der Waals surface area (Å²) in [6, 6.07) is 22.4. The van der Waals surface area contributed by atoms with E-state index in [2.05, 4.69) is 89.7 Å². The van der Waals surface area contributed by atoms with Gasteiger partial charge in [-0.15, -0.1) is 0 Å². The molecule has 6 nitrogen and oxygen atoms in total. The quantitative estimate of drug-likeness (QED) is 0.104. The summed E-state index contributed by atoms with van der Waals surface area (Å²) >= 11 is 15.1. The summed E-state index contributed by atoms with van der Waals surface area (Å²) in [5.74, 6) is 0.704. The van der Waals surface area contributed by atoms with E-state index in [1.807, 2.05) is 36.4 Å². The van der Waals surface area contributed by atoms with Gasteiger partial charge < -0.3 is 18.9 Å². The molecule has 4 aromatic rings. The van der Waals surface area contributed by atoms with Crippen LogP contribution in [0.4, 0.5) is 0 Å². The van der Waals surface area contributed by atoms with Crippen molar-refractivity contribution >= 4 is 75.7 Å². The Kier molecular flexibility index (Phi) is 12.3. The highest BCUT2D eigenvalue weighted by Gasteiger charge is 2.32. The molecule has 0 saturated carbocycles. The monoisotopic (exact) mass is 864 g/mol. The third-order valence-electron chi connectivity index (χ3n) is 7.14.